The summed E-state index contributed by atoms with van der Waals surface area (Å²) in [5.74, 6) is -0.699. The maximum Gasteiger partial charge on any atom is 0.352 e. The number of benzene rings is 2. The number of amides is 1. The largest absolute Gasteiger partial charge is 0.490 e. The molecule has 2 aromatic rings. The maximum atomic E-state index is 11.3. The van der Waals surface area contributed by atoms with Gasteiger partial charge in [0, 0.05) is 6.92 Å². The lowest BCUT2D eigenvalue weighted by molar-refractivity contribution is -0.134. The normalized spacial score (nSPS) is 11.0. The molecular formula is C20H20BrNO5. The molecule has 2 rings (SSSR count). The zero-order valence-electron chi connectivity index (χ0n) is 15.0. The van der Waals surface area contributed by atoms with Gasteiger partial charge in [-0.3, -0.25) is 4.79 Å². The first-order valence-electron chi connectivity index (χ1n) is 8.26. The average molecular weight is 434 g/mol. The van der Waals surface area contributed by atoms with E-state index in [0.29, 0.717) is 34.7 Å². The first-order valence-corrected chi connectivity index (χ1v) is 9.05. The quantitative estimate of drug-likeness (QED) is 0.614. The van der Waals surface area contributed by atoms with Crippen molar-refractivity contribution in [1.29, 1.82) is 0 Å². The highest BCUT2D eigenvalue weighted by Crippen LogP contribution is 2.38. The number of aliphatic carboxylic acids is 1. The van der Waals surface area contributed by atoms with Crippen LogP contribution in [0.15, 0.2) is 52.6 Å². The van der Waals surface area contributed by atoms with Gasteiger partial charge in [-0.15, -0.1) is 0 Å². The molecule has 0 aliphatic heterocycles. The number of halogens is 1. The van der Waals surface area contributed by atoms with Crippen LogP contribution < -0.4 is 14.8 Å². The second-order valence-corrected chi connectivity index (χ2v) is 6.44. The zero-order chi connectivity index (χ0) is 19.8. The number of ether oxygens (including phenoxy) is 2. The second-order valence-electron chi connectivity index (χ2n) is 5.58. The monoisotopic (exact) mass is 433 g/mol. The summed E-state index contributed by atoms with van der Waals surface area (Å²) in [5.41, 5.74) is 1.33. The Morgan fingerprint density at radius 1 is 1.19 bits per heavy atom. The molecule has 2 N–H and O–H groups in total. The zero-order valence-corrected chi connectivity index (χ0v) is 16.6. The third kappa shape index (κ3) is 6.14. The van der Waals surface area contributed by atoms with Crippen LogP contribution in [0.1, 0.15) is 25.0 Å². The first-order chi connectivity index (χ1) is 12.9. The predicted octanol–water partition coefficient (Wildman–Crippen LogP) is 3.99. The van der Waals surface area contributed by atoms with Crippen LogP contribution in [0.25, 0.3) is 6.08 Å². The molecule has 0 radical (unpaired) electrons. The van der Waals surface area contributed by atoms with Crippen molar-refractivity contribution < 1.29 is 24.2 Å². The van der Waals surface area contributed by atoms with Crippen LogP contribution in [-0.2, 0) is 16.2 Å². The molecule has 0 spiro atoms. The van der Waals surface area contributed by atoms with Gasteiger partial charge >= 0.3 is 5.97 Å². The third-order valence-electron chi connectivity index (χ3n) is 3.41. The van der Waals surface area contributed by atoms with E-state index < -0.39 is 11.9 Å². The third-order valence-corrected chi connectivity index (χ3v) is 4.00. The highest BCUT2D eigenvalue weighted by Gasteiger charge is 2.14. The first kappa shape index (κ1) is 20.5. The SMILES string of the molecule is CCOc1cc(/C=C(/NC(C)=O)C(=O)O)cc(Br)c1OCc1ccccc1. The van der Waals surface area contributed by atoms with E-state index in [-0.39, 0.29) is 5.70 Å². The molecule has 0 heterocycles. The van der Waals surface area contributed by atoms with Crippen molar-refractivity contribution in [2.75, 3.05) is 6.61 Å². The molecular weight excluding hydrogens is 414 g/mol. The van der Waals surface area contributed by atoms with E-state index in [2.05, 4.69) is 21.2 Å². The summed E-state index contributed by atoms with van der Waals surface area (Å²) >= 11 is 3.45. The van der Waals surface area contributed by atoms with Crippen LogP contribution in [-0.4, -0.2) is 23.6 Å². The van der Waals surface area contributed by atoms with Gasteiger partial charge in [-0.1, -0.05) is 30.3 Å². The number of carbonyl (C=O) groups excluding carboxylic acids is 1. The van der Waals surface area contributed by atoms with Gasteiger partial charge in [-0.25, -0.2) is 4.79 Å². The van der Waals surface area contributed by atoms with Gasteiger partial charge in [-0.05, 0) is 52.2 Å². The van der Waals surface area contributed by atoms with E-state index >= 15 is 0 Å². The summed E-state index contributed by atoms with van der Waals surface area (Å²) in [6, 6.07) is 13.1. The number of carboxylic acids is 1. The second kappa shape index (κ2) is 9.78. The summed E-state index contributed by atoms with van der Waals surface area (Å²) in [6.07, 6.45) is 1.36. The molecule has 142 valence electrons. The van der Waals surface area contributed by atoms with Crippen molar-refractivity contribution in [2.24, 2.45) is 0 Å². The molecule has 0 aliphatic carbocycles. The molecule has 0 fully saturated rings. The number of carboxylic acid groups (broad SMARTS) is 1. The molecule has 0 saturated heterocycles. The smallest absolute Gasteiger partial charge is 0.352 e. The van der Waals surface area contributed by atoms with Crippen molar-refractivity contribution in [2.45, 2.75) is 20.5 Å². The lowest BCUT2D eigenvalue weighted by Crippen LogP contribution is -2.24. The number of hydrogen-bond acceptors (Lipinski definition) is 4. The van der Waals surface area contributed by atoms with E-state index in [1.807, 2.05) is 37.3 Å². The van der Waals surface area contributed by atoms with Crippen LogP contribution in [0.4, 0.5) is 0 Å². The van der Waals surface area contributed by atoms with Crippen molar-refractivity contribution in [3.05, 3.63) is 63.8 Å². The molecule has 0 unspecified atom stereocenters. The Labute approximate surface area is 165 Å². The average Bonchev–Trinajstić information content (AvgIpc) is 2.61. The van der Waals surface area contributed by atoms with Gasteiger partial charge in [0.15, 0.2) is 11.5 Å². The molecule has 6 nitrogen and oxygen atoms in total. The summed E-state index contributed by atoms with van der Waals surface area (Å²) in [5, 5.41) is 11.5. The standard InChI is InChI=1S/C20H20BrNO5/c1-3-26-18-11-15(10-17(20(24)25)22-13(2)23)9-16(21)19(18)27-12-14-7-5-4-6-8-14/h4-11H,3,12H2,1-2H3,(H,22,23)(H,24,25)/b17-10+. The molecule has 0 saturated carbocycles. The van der Waals surface area contributed by atoms with E-state index in [4.69, 9.17) is 9.47 Å². The highest BCUT2D eigenvalue weighted by atomic mass is 79.9. The Kier molecular flexibility index (Phi) is 7.43. The van der Waals surface area contributed by atoms with Crippen molar-refractivity contribution in [3.63, 3.8) is 0 Å². The van der Waals surface area contributed by atoms with Crippen LogP contribution >= 0.6 is 15.9 Å². The van der Waals surface area contributed by atoms with Gasteiger partial charge in [-0.2, -0.15) is 0 Å². The summed E-state index contributed by atoms with van der Waals surface area (Å²) in [4.78, 5) is 22.5. The molecule has 0 atom stereocenters. The minimum atomic E-state index is -1.23. The molecule has 2 aromatic carbocycles. The molecule has 27 heavy (non-hydrogen) atoms. The lowest BCUT2D eigenvalue weighted by atomic mass is 10.1. The Morgan fingerprint density at radius 3 is 2.48 bits per heavy atom. The molecule has 7 heteroatoms. The Balaban J connectivity index is 2.34. The maximum absolute atomic E-state index is 11.3. The fourth-order valence-corrected chi connectivity index (χ4v) is 2.89. The molecule has 0 bridgehead atoms. The van der Waals surface area contributed by atoms with E-state index in [1.54, 1.807) is 12.1 Å². The number of hydrogen-bond donors (Lipinski definition) is 2. The Morgan fingerprint density at radius 2 is 1.89 bits per heavy atom. The molecule has 0 aromatic heterocycles. The topological polar surface area (TPSA) is 84.9 Å². The minimum absolute atomic E-state index is 0.227. The summed E-state index contributed by atoms with van der Waals surface area (Å²) < 4.78 is 12.2. The van der Waals surface area contributed by atoms with Crippen LogP contribution in [0, 0.1) is 0 Å². The van der Waals surface area contributed by atoms with Gasteiger partial charge in [0.1, 0.15) is 12.3 Å². The van der Waals surface area contributed by atoms with Gasteiger partial charge in [0.05, 0.1) is 11.1 Å². The van der Waals surface area contributed by atoms with Crippen LogP contribution in [0.3, 0.4) is 0 Å². The number of carbonyl (C=O) groups is 2. The Bertz CT molecular complexity index is 849. The van der Waals surface area contributed by atoms with Crippen molar-refractivity contribution >= 4 is 33.9 Å². The predicted molar refractivity (Wildman–Crippen MR) is 106 cm³/mol. The number of rotatable bonds is 8. The lowest BCUT2D eigenvalue weighted by Gasteiger charge is -2.15. The van der Waals surface area contributed by atoms with Crippen molar-refractivity contribution in [1.82, 2.24) is 5.32 Å². The van der Waals surface area contributed by atoms with E-state index in [1.165, 1.54) is 13.0 Å². The van der Waals surface area contributed by atoms with E-state index in [0.717, 1.165) is 5.56 Å². The van der Waals surface area contributed by atoms with Crippen LogP contribution in [0.5, 0.6) is 11.5 Å². The van der Waals surface area contributed by atoms with Gasteiger partial charge < -0.3 is 19.9 Å². The molecule has 0 aliphatic rings. The summed E-state index contributed by atoms with van der Waals surface area (Å²) in [6.45, 7) is 3.87. The minimum Gasteiger partial charge on any atom is -0.490 e. The van der Waals surface area contributed by atoms with E-state index in [9.17, 15) is 14.7 Å². The fourth-order valence-electron chi connectivity index (χ4n) is 2.31. The Hall–Kier alpha value is -2.80. The summed E-state index contributed by atoms with van der Waals surface area (Å²) in [7, 11) is 0. The van der Waals surface area contributed by atoms with Crippen molar-refractivity contribution in [3.8, 4) is 11.5 Å². The van der Waals surface area contributed by atoms with Gasteiger partial charge in [0.2, 0.25) is 5.91 Å². The number of nitrogens with one attached hydrogen (secondary N) is 1. The van der Waals surface area contributed by atoms with Gasteiger partial charge in [0.25, 0.3) is 0 Å². The molecule has 1 amide bonds. The highest BCUT2D eigenvalue weighted by molar-refractivity contribution is 9.10. The van der Waals surface area contributed by atoms with Crippen LogP contribution in [0.2, 0.25) is 0 Å². The fraction of sp³-hybridized carbons (Fsp3) is 0.200.